The lowest BCUT2D eigenvalue weighted by Gasteiger charge is -2.10. The summed E-state index contributed by atoms with van der Waals surface area (Å²) < 4.78 is 29.0. The van der Waals surface area contributed by atoms with Gasteiger partial charge >= 0.3 is 0 Å². The molecule has 4 rings (SSSR count). The molecule has 3 aromatic carbocycles. The Morgan fingerprint density at radius 1 is 0.926 bits per heavy atom. The van der Waals surface area contributed by atoms with E-state index in [4.69, 9.17) is 0 Å². The Kier molecular flexibility index (Phi) is 4.50. The van der Waals surface area contributed by atoms with E-state index >= 15 is 0 Å². The molecule has 0 saturated carbocycles. The van der Waals surface area contributed by atoms with Crippen molar-refractivity contribution in [3.8, 4) is 0 Å². The zero-order valence-electron chi connectivity index (χ0n) is 14.7. The quantitative estimate of drug-likeness (QED) is 0.430. The second kappa shape index (κ2) is 7.11. The third-order valence-corrected chi connectivity index (χ3v) is 4.33. The number of rotatable bonds is 4. The van der Waals surface area contributed by atoms with Gasteiger partial charge in [0.05, 0.1) is 16.9 Å². The molecule has 1 heterocycles. The number of hydrogen-bond donors (Lipinski definition) is 0. The molecule has 0 bridgehead atoms. The van der Waals surface area contributed by atoms with Crippen molar-refractivity contribution >= 4 is 22.3 Å². The zero-order valence-corrected chi connectivity index (χ0v) is 14.7. The molecule has 0 amide bonds. The number of aromatic nitrogens is 2. The van der Waals surface area contributed by atoms with Crippen LogP contribution in [-0.4, -0.2) is 15.5 Å². The van der Waals surface area contributed by atoms with Gasteiger partial charge in [0.25, 0.3) is 6.43 Å². The summed E-state index contributed by atoms with van der Waals surface area (Å²) in [6, 6.07) is 22.3. The highest BCUT2D eigenvalue weighted by Crippen LogP contribution is 2.34. The van der Waals surface area contributed by atoms with Gasteiger partial charge in [0.2, 0.25) is 0 Å². The predicted molar refractivity (Wildman–Crippen MR) is 104 cm³/mol. The lowest BCUT2D eigenvalue weighted by Crippen LogP contribution is -2.03. The molecule has 134 valence electrons. The number of benzene rings is 3. The summed E-state index contributed by atoms with van der Waals surface area (Å²) in [5.74, 6) is 0. The first kappa shape index (κ1) is 17.1. The van der Waals surface area contributed by atoms with E-state index < -0.39 is 6.43 Å². The average Bonchev–Trinajstić information content (AvgIpc) is 3.05. The van der Waals surface area contributed by atoms with E-state index in [1.54, 1.807) is 24.0 Å². The summed E-state index contributed by atoms with van der Waals surface area (Å²) in [6.07, 6.45) is -0.836. The third kappa shape index (κ3) is 3.49. The predicted octanol–water partition coefficient (Wildman–Crippen LogP) is 5.68. The smallest absolute Gasteiger partial charge is 0.266 e. The zero-order chi connectivity index (χ0) is 18.8. The SMILES string of the molecule is Cn1cc2cc(N=C(c3ccccc3)c3ccccc3)c(C(F)F)cc2n1. The molecule has 3 nitrogen and oxygen atoms in total. The van der Waals surface area contributed by atoms with E-state index in [2.05, 4.69) is 10.1 Å². The van der Waals surface area contributed by atoms with Crippen LogP contribution in [0.3, 0.4) is 0 Å². The Morgan fingerprint density at radius 2 is 1.52 bits per heavy atom. The topological polar surface area (TPSA) is 30.2 Å². The Labute approximate surface area is 155 Å². The van der Waals surface area contributed by atoms with Gasteiger partial charge in [-0.05, 0) is 12.1 Å². The van der Waals surface area contributed by atoms with E-state index in [9.17, 15) is 8.78 Å². The van der Waals surface area contributed by atoms with Crippen molar-refractivity contribution in [2.24, 2.45) is 12.0 Å². The number of aryl methyl sites for hydroxylation is 1. The fourth-order valence-corrected chi connectivity index (χ4v) is 3.08. The molecule has 0 fully saturated rings. The maximum atomic E-state index is 13.7. The Bertz CT molecular complexity index is 1060. The van der Waals surface area contributed by atoms with Crippen molar-refractivity contribution in [2.45, 2.75) is 6.43 Å². The molecule has 27 heavy (non-hydrogen) atoms. The van der Waals surface area contributed by atoms with E-state index in [1.165, 1.54) is 6.07 Å². The van der Waals surface area contributed by atoms with Gasteiger partial charge in [-0.3, -0.25) is 4.68 Å². The molecule has 0 aliphatic carbocycles. The van der Waals surface area contributed by atoms with E-state index in [-0.39, 0.29) is 11.3 Å². The largest absolute Gasteiger partial charge is 0.275 e. The number of fused-ring (bicyclic) bond motifs is 1. The van der Waals surface area contributed by atoms with Crippen LogP contribution in [0.4, 0.5) is 14.5 Å². The van der Waals surface area contributed by atoms with E-state index in [0.717, 1.165) is 16.5 Å². The van der Waals surface area contributed by atoms with Crippen LogP contribution in [0.1, 0.15) is 23.1 Å². The molecule has 0 radical (unpaired) electrons. The van der Waals surface area contributed by atoms with Crippen LogP contribution in [0, 0.1) is 0 Å². The monoisotopic (exact) mass is 361 g/mol. The van der Waals surface area contributed by atoms with Crippen LogP contribution in [0.5, 0.6) is 0 Å². The van der Waals surface area contributed by atoms with Crippen molar-refractivity contribution in [3.05, 3.63) is 95.7 Å². The number of aliphatic imine (C=N–C) groups is 1. The van der Waals surface area contributed by atoms with Crippen molar-refractivity contribution in [1.29, 1.82) is 0 Å². The Hall–Kier alpha value is -3.34. The van der Waals surface area contributed by atoms with E-state index in [1.807, 2.05) is 60.7 Å². The summed E-state index contributed by atoms with van der Waals surface area (Å²) in [5, 5.41) is 5.01. The summed E-state index contributed by atoms with van der Waals surface area (Å²) >= 11 is 0. The van der Waals surface area contributed by atoms with Gasteiger partial charge < -0.3 is 0 Å². The minimum absolute atomic E-state index is 0.120. The number of hydrogen-bond acceptors (Lipinski definition) is 2. The van der Waals surface area contributed by atoms with Crippen LogP contribution in [0.25, 0.3) is 10.9 Å². The standard InChI is InChI=1S/C22H17F2N3/c1-27-14-17-12-20(18(22(23)24)13-19(17)26-27)25-21(15-8-4-2-5-9-15)16-10-6-3-7-11-16/h2-14,22H,1H3. The molecule has 1 aromatic heterocycles. The molecule has 0 spiro atoms. The lowest BCUT2D eigenvalue weighted by atomic mass is 10.0. The second-order valence-corrected chi connectivity index (χ2v) is 6.27. The normalized spacial score (nSPS) is 11.1. The molecular weight excluding hydrogens is 344 g/mol. The third-order valence-electron chi connectivity index (χ3n) is 4.33. The molecular formula is C22H17F2N3. The average molecular weight is 361 g/mol. The summed E-state index contributed by atoms with van der Waals surface area (Å²) in [4.78, 5) is 4.68. The van der Waals surface area contributed by atoms with Crippen molar-refractivity contribution < 1.29 is 8.78 Å². The highest BCUT2D eigenvalue weighted by molar-refractivity contribution is 6.14. The number of nitrogens with zero attached hydrogens (tertiary/aromatic N) is 3. The second-order valence-electron chi connectivity index (χ2n) is 6.27. The summed E-state index contributed by atoms with van der Waals surface area (Å²) in [7, 11) is 1.77. The molecule has 0 unspecified atom stereocenters. The van der Waals surface area contributed by atoms with Gasteiger partial charge in [-0.2, -0.15) is 5.10 Å². The van der Waals surface area contributed by atoms with Crippen LogP contribution >= 0.6 is 0 Å². The fourth-order valence-electron chi connectivity index (χ4n) is 3.08. The first-order valence-electron chi connectivity index (χ1n) is 8.57. The van der Waals surface area contributed by atoms with E-state index in [0.29, 0.717) is 11.2 Å². The molecule has 0 atom stereocenters. The van der Waals surface area contributed by atoms with Crippen molar-refractivity contribution in [3.63, 3.8) is 0 Å². The van der Waals surface area contributed by atoms with Crippen LogP contribution in [0.2, 0.25) is 0 Å². The molecule has 5 heteroatoms. The van der Waals surface area contributed by atoms with Gasteiger partial charge in [0.1, 0.15) is 0 Å². The number of halogens is 2. The van der Waals surface area contributed by atoms with Crippen molar-refractivity contribution in [2.75, 3.05) is 0 Å². The molecule has 0 saturated heterocycles. The molecule has 4 aromatic rings. The van der Waals surface area contributed by atoms with Gasteiger partial charge in [0, 0.05) is 35.3 Å². The summed E-state index contributed by atoms with van der Waals surface area (Å²) in [5.41, 5.74) is 3.07. The highest BCUT2D eigenvalue weighted by atomic mass is 19.3. The maximum Gasteiger partial charge on any atom is 0.266 e. The minimum atomic E-state index is -2.64. The lowest BCUT2D eigenvalue weighted by molar-refractivity contribution is 0.152. The number of alkyl halides is 2. The Morgan fingerprint density at radius 3 is 2.07 bits per heavy atom. The molecule has 0 aliphatic rings. The maximum absolute atomic E-state index is 13.7. The molecule has 0 aliphatic heterocycles. The fraction of sp³-hybridized carbons (Fsp3) is 0.0909. The first-order chi connectivity index (χ1) is 13.1. The summed E-state index contributed by atoms with van der Waals surface area (Å²) in [6.45, 7) is 0. The first-order valence-corrected chi connectivity index (χ1v) is 8.57. The van der Waals surface area contributed by atoms with Crippen molar-refractivity contribution in [1.82, 2.24) is 9.78 Å². The molecule has 0 N–H and O–H groups in total. The van der Waals surface area contributed by atoms with Crippen LogP contribution < -0.4 is 0 Å². The van der Waals surface area contributed by atoms with Gasteiger partial charge in [-0.25, -0.2) is 13.8 Å². The van der Waals surface area contributed by atoms with Gasteiger partial charge in [-0.15, -0.1) is 0 Å². The van der Waals surface area contributed by atoms with Gasteiger partial charge in [-0.1, -0.05) is 60.7 Å². The minimum Gasteiger partial charge on any atom is -0.275 e. The van der Waals surface area contributed by atoms with Gasteiger partial charge in [0.15, 0.2) is 0 Å². The van der Waals surface area contributed by atoms with Crippen LogP contribution in [-0.2, 0) is 7.05 Å². The highest BCUT2D eigenvalue weighted by Gasteiger charge is 2.17. The van der Waals surface area contributed by atoms with Crippen LogP contribution in [0.15, 0.2) is 84.0 Å². The Balaban J connectivity index is 1.96.